The van der Waals surface area contributed by atoms with E-state index in [2.05, 4.69) is 0 Å². The Morgan fingerprint density at radius 2 is 1.64 bits per heavy atom. The van der Waals surface area contributed by atoms with Gasteiger partial charge >= 0.3 is 5.97 Å². The number of allylic oxidation sites excluding steroid dienone is 3. The quantitative estimate of drug-likeness (QED) is 0.0753. The van der Waals surface area contributed by atoms with E-state index in [1.54, 1.807) is 39.2 Å². The Bertz CT molecular complexity index is 1940. The molecule has 15 heteroatoms. The van der Waals surface area contributed by atoms with Crippen LogP contribution in [0, 0.1) is 29.6 Å². The van der Waals surface area contributed by atoms with Crippen molar-refractivity contribution in [2.75, 3.05) is 34.5 Å². The molecule has 0 spiro atoms. The number of rotatable bonds is 11. The van der Waals surface area contributed by atoms with Gasteiger partial charge in [0.05, 0.1) is 30.5 Å². The van der Waals surface area contributed by atoms with Gasteiger partial charge in [-0.3, -0.25) is 19.2 Å². The lowest BCUT2D eigenvalue weighted by Crippen LogP contribution is -2.64. The molecule has 374 valence electrons. The number of piperidine rings is 1. The Labute approximate surface area is 402 Å². The number of ketones is 3. The number of halogens is 1. The van der Waals surface area contributed by atoms with Crippen LogP contribution >= 0.6 is 11.6 Å². The summed E-state index contributed by atoms with van der Waals surface area (Å²) >= 11 is 5.99. The van der Waals surface area contributed by atoms with Crippen LogP contribution < -0.4 is 0 Å². The van der Waals surface area contributed by atoms with Gasteiger partial charge in [0.25, 0.3) is 11.7 Å². The number of esters is 1. The van der Waals surface area contributed by atoms with Crippen LogP contribution in [-0.2, 0) is 53.5 Å². The van der Waals surface area contributed by atoms with Crippen molar-refractivity contribution in [1.29, 1.82) is 0 Å². The van der Waals surface area contributed by atoms with Crippen LogP contribution in [0.2, 0.25) is 0 Å². The molecule has 3 heterocycles. The average molecular weight is 959 g/mol. The zero-order valence-corrected chi connectivity index (χ0v) is 41.8. The van der Waals surface area contributed by atoms with Gasteiger partial charge in [-0.15, -0.1) is 11.6 Å². The third-order valence-electron chi connectivity index (χ3n) is 14.7. The number of aliphatic hydroxyl groups is 2. The number of ether oxygens (including phenoxy) is 6. The summed E-state index contributed by atoms with van der Waals surface area (Å²) in [6.07, 6.45) is 3.71. The zero-order valence-electron chi connectivity index (χ0n) is 41.1. The zero-order chi connectivity index (χ0) is 49.2. The number of alkyl halides is 1. The molecule has 67 heavy (non-hydrogen) atoms. The second kappa shape index (κ2) is 25.0. The van der Waals surface area contributed by atoms with Crippen LogP contribution in [0.1, 0.15) is 128 Å². The van der Waals surface area contributed by atoms with Gasteiger partial charge in [-0.05, 0) is 107 Å². The number of benzene rings is 1. The molecule has 2 N–H and O–H groups in total. The molecule has 1 aromatic rings. The molecule has 2 bridgehead atoms. The molecule has 14 nitrogen and oxygen atoms in total. The molecule has 1 amide bonds. The summed E-state index contributed by atoms with van der Waals surface area (Å²) in [5.74, 6) is -7.62. The highest BCUT2D eigenvalue weighted by molar-refractivity contribution is 6.39. The highest BCUT2D eigenvalue weighted by Crippen LogP contribution is 2.39. The van der Waals surface area contributed by atoms with Crippen LogP contribution in [0.5, 0.6) is 0 Å². The summed E-state index contributed by atoms with van der Waals surface area (Å²) < 4.78 is 36.4. The molecule has 14 unspecified atom stereocenters. The number of hydrogen-bond donors (Lipinski definition) is 2. The predicted molar refractivity (Wildman–Crippen MR) is 252 cm³/mol. The van der Waals surface area contributed by atoms with Gasteiger partial charge < -0.3 is 43.5 Å². The largest absolute Gasteiger partial charge is 0.456 e. The van der Waals surface area contributed by atoms with Gasteiger partial charge in [-0.2, -0.15) is 0 Å². The van der Waals surface area contributed by atoms with Crippen molar-refractivity contribution in [1.82, 2.24) is 4.90 Å². The highest BCUT2D eigenvalue weighted by Gasteiger charge is 2.56. The lowest BCUT2D eigenvalue weighted by atomic mass is 9.81. The maximum Gasteiger partial charge on any atom is 0.329 e. The number of hydrogen-bond acceptors (Lipinski definition) is 13. The molecule has 4 aliphatic rings. The normalized spacial score (nSPS) is 35.8. The fraction of sp³-hybridized carbons (Fsp3) is 0.712. The average Bonchev–Trinajstić information content (AvgIpc) is 3.32. The number of amides is 1. The number of Topliss-reactive ketones (excluding diaryl/α,β-unsaturated/α-hetero) is 3. The first kappa shape index (κ1) is 54.6. The Balaban J connectivity index is 1.44. The Morgan fingerprint density at radius 1 is 0.940 bits per heavy atom. The fourth-order valence-corrected chi connectivity index (χ4v) is 10.8. The van der Waals surface area contributed by atoms with Gasteiger partial charge in [-0.1, -0.05) is 63.6 Å². The van der Waals surface area contributed by atoms with Crippen molar-refractivity contribution >= 4 is 40.8 Å². The summed E-state index contributed by atoms with van der Waals surface area (Å²) in [6, 6.07) is 5.99. The first-order valence-corrected chi connectivity index (χ1v) is 24.8. The molecular formula is C52H76ClNO13. The summed E-state index contributed by atoms with van der Waals surface area (Å²) in [6.45, 7) is 11.1. The summed E-state index contributed by atoms with van der Waals surface area (Å²) in [5.41, 5.74) is 2.99. The number of carbonyl (C=O) groups excluding carboxylic acids is 5. The van der Waals surface area contributed by atoms with E-state index in [9.17, 15) is 34.2 Å². The van der Waals surface area contributed by atoms with E-state index in [-0.39, 0.29) is 68.0 Å². The first-order chi connectivity index (χ1) is 31.9. The molecule has 1 aromatic carbocycles. The lowest BCUT2D eigenvalue weighted by Gasteiger charge is -2.47. The fourth-order valence-electron chi connectivity index (χ4n) is 10.7. The molecule has 5 rings (SSSR count). The number of cyclic esters (lactones) is 1. The predicted octanol–water partition coefficient (Wildman–Crippen LogP) is 7.12. The van der Waals surface area contributed by atoms with E-state index in [4.69, 9.17) is 40.0 Å². The summed E-state index contributed by atoms with van der Waals surface area (Å²) in [7, 11) is 4.66. The number of fused-ring (bicyclic) bond motifs is 3. The van der Waals surface area contributed by atoms with Crippen molar-refractivity contribution < 1.29 is 62.6 Å². The minimum Gasteiger partial charge on any atom is -0.456 e. The van der Waals surface area contributed by atoms with Gasteiger partial charge in [0.2, 0.25) is 5.79 Å². The van der Waals surface area contributed by atoms with Crippen LogP contribution in [0.3, 0.4) is 0 Å². The molecular weight excluding hydrogens is 882 g/mol. The molecule has 3 fully saturated rings. The topological polar surface area (TPSA) is 184 Å². The van der Waals surface area contributed by atoms with Crippen molar-refractivity contribution in [3.8, 4) is 0 Å². The molecule has 0 aromatic heterocycles. The highest BCUT2D eigenvalue weighted by atomic mass is 35.5. The van der Waals surface area contributed by atoms with E-state index in [1.165, 1.54) is 19.1 Å². The minimum atomic E-state index is -2.53. The SMILES string of the molecule is CCC1C=C(C)CC(C)CC(OC)C2OC(O)(C(=O)C(=O)N3CCCCC3C(=O)OC(C(C)=CC3CCC(OCC(=O)c4cccc(CCl)c4)C(OC)C3)C(C)C(O)CC1=O)C(C)CC2OC. The minimum absolute atomic E-state index is 0.0166. The van der Waals surface area contributed by atoms with Crippen molar-refractivity contribution in [2.45, 2.75) is 173 Å². The maximum absolute atomic E-state index is 14.5. The summed E-state index contributed by atoms with van der Waals surface area (Å²) in [4.78, 5) is 71.4. The summed E-state index contributed by atoms with van der Waals surface area (Å²) in [5, 5.41) is 24.0. The first-order valence-electron chi connectivity index (χ1n) is 24.3. The van der Waals surface area contributed by atoms with E-state index >= 15 is 0 Å². The van der Waals surface area contributed by atoms with E-state index in [1.807, 2.05) is 45.9 Å². The Morgan fingerprint density at radius 3 is 2.31 bits per heavy atom. The van der Waals surface area contributed by atoms with Crippen LogP contribution in [-0.4, -0.2) is 133 Å². The maximum atomic E-state index is 14.5. The molecule has 1 saturated carbocycles. The molecule has 14 atom stereocenters. The molecule has 2 saturated heterocycles. The van der Waals surface area contributed by atoms with E-state index < -0.39 is 77.8 Å². The van der Waals surface area contributed by atoms with E-state index in [0.29, 0.717) is 68.4 Å². The molecule has 0 radical (unpaired) electrons. The third-order valence-corrected chi connectivity index (χ3v) is 15.0. The van der Waals surface area contributed by atoms with Crippen LogP contribution in [0.25, 0.3) is 0 Å². The second-order valence-electron chi connectivity index (χ2n) is 19.7. The molecule has 1 aliphatic carbocycles. The van der Waals surface area contributed by atoms with Crippen molar-refractivity contribution in [3.05, 3.63) is 58.7 Å². The van der Waals surface area contributed by atoms with Crippen LogP contribution in [0.15, 0.2) is 47.6 Å². The second-order valence-corrected chi connectivity index (χ2v) is 20.0. The van der Waals surface area contributed by atoms with E-state index in [0.717, 1.165) is 11.1 Å². The van der Waals surface area contributed by atoms with Gasteiger partial charge in [0, 0.05) is 63.5 Å². The number of carbonyl (C=O) groups is 5. The van der Waals surface area contributed by atoms with Gasteiger partial charge in [-0.25, -0.2) is 4.79 Å². The lowest BCUT2D eigenvalue weighted by molar-refractivity contribution is -0.302. The van der Waals surface area contributed by atoms with Crippen LogP contribution in [0.4, 0.5) is 0 Å². The smallest absolute Gasteiger partial charge is 0.329 e. The standard InChI is InChI=1S/C52H76ClNO13/c1-10-37-21-30(2)20-31(3)22-45(63-8)48-46(64-9)24-33(5)52(61,67-48)49(58)50(59)54-19-12-11-16-39(54)51(60)66-47(34(6)40(55)27-41(37)56)32(4)23-35-17-18-43(44(26-35)62-7)65-29-42(57)38-15-13-14-36(25-38)28-53/h13-15,21,23,25,31,33-35,37,39-40,43-48,55,61H,10-12,16-20,22,24,26-29H2,1-9H3. The number of aliphatic hydroxyl groups excluding tert-OH is 1. The van der Waals surface area contributed by atoms with Gasteiger partial charge in [0.1, 0.15) is 30.6 Å². The Kier molecular flexibility index (Phi) is 20.4. The molecule has 3 aliphatic heterocycles. The third kappa shape index (κ3) is 13.5. The number of nitrogens with zero attached hydrogens (tertiary/aromatic N) is 1. The monoisotopic (exact) mass is 958 g/mol. The van der Waals surface area contributed by atoms with Gasteiger partial charge in [0.15, 0.2) is 5.78 Å². The Hall–Kier alpha value is -3.34. The number of methoxy groups -OCH3 is 3. The van der Waals surface area contributed by atoms with Crippen molar-refractivity contribution in [2.24, 2.45) is 29.6 Å². The van der Waals surface area contributed by atoms with Crippen molar-refractivity contribution in [3.63, 3.8) is 0 Å².